The van der Waals surface area contributed by atoms with Crippen molar-refractivity contribution in [3.63, 3.8) is 0 Å². The summed E-state index contributed by atoms with van der Waals surface area (Å²) in [6, 6.07) is 3.27. The first-order valence-electron chi connectivity index (χ1n) is 10.9. The van der Waals surface area contributed by atoms with Gasteiger partial charge >= 0.3 is 0 Å². The van der Waals surface area contributed by atoms with Crippen molar-refractivity contribution in [2.45, 2.75) is 11.0 Å². The van der Waals surface area contributed by atoms with E-state index < -0.39 is 21.5 Å². The van der Waals surface area contributed by atoms with Crippen LogP contribution in [0.2, 0.25) is 5.02 Å². The molecule has 3 aromatic rings. The van der Waals surface area contributed by atoms with E-state index in [1.807, 2.05) is 4.90 Å². The van der Waals surface area contributed by atoms with Gasteiger partial charge in [0.05, 0.1) is 41.2 Å². The lowest BCUT2D eigenvalue weighted by Gasteiger charge is -2.46. The molecule has 0 amide bonds. The first-order chi connectivity index (χ1) is 17.2. The van der Waals surface area contributed by atoms with Crippen LogP contribution in [0.4, 0.5) is 26.2 Å². The molecule has 2 aromatic heterocycles. The van der Waals surface area contributed by atoms with Gasteiger partial charge in [-0.1, -0.05) is 11.6 Å². The quantitative estimate of drug-likeness (QED) is 0.501. The molecule has 0 radical (unpaired) electrons. The van der Waals surface area contributed by atoms with Gasteiger partial charge in [-0.25, -0.2) is 27.8 Å². The third-order valence-corrected chi connectivity index (χ3v) is 7.32. The third kappa shape index (κ3) is 5.04. The zero-order valence-electron chi connectivity index (χ0n) is 18.9. The predicted octanol–water partition coefficient (Wildman–Crippen LogP) is 2.88. The van der Waals surface area contributed by atoms with Crippen LogP contribution in [0.3, 0.4) is 0 Å². The van der Waals surface area contributed by atoms with E-state index in [9.17, 15) is 12.8 Å². The molecule has 2 bridgehead atoms. The van der Waals surface area contributed by atoms with Crippen molar-refractivity contribution >= 4 is 38.9 Å². The lowest BCUT2D eigenvalue weighted by molar-refractivity contribution is -0.0780. The molecule has 0 saturated carbocycles. The van der Waals surface area contributed by atoms with Crippen LogP contribution < -0.4 is 15.0 Å². The molecule has 0 spiro atoms. The van der Waals surface area contributed by atoms with Crippen molar-refractivity contribution in [1.82, 2.24) is 19.9 Å². The van der Waals surface area contributed by atoms with Crippen LogP contribution in [0.25, 0.3) is 0 Å². The molecule has 2 unspecified atom stereocenters. The fraction of sp³-hybridized carbons (Fsp3) is 0.364. The standard InChI is InChI=1S/C22H21ClF2N6O4S/c1-36(32,33)15-2-3-17(16(24)4-15)30-20-18(25)21(29-11-28-20)35-19-12-7-31(8-13(19)10-34-9-12)22-26-5-14(23)6-27-22/h2-6,11-13,19H,7-10H2,1H3,(H,28,29,30). The summed E-state index contributed by atoms with van der Waals surface area (Å²) in [5.74, 6) is -2.03. The van der Waals surface area contributed by atoms with Gasteiger partial charge in [0, 0.05) is 31.2 Å². The molecular formula is C22H21ClF2N6O4S. The first-order valence-corrected chi connectivity index (χ1v) is 13.2. The summed E-state index contributed by atoms with van der Waals surface area (Å²) in [6.45, 7) is 1.86. The maximum atomic E-state index is 15.3. The number of halogens is 3. The van der Waals surface area contributed by atoms with Crippen LogP contribution >= 0.6 is 11.6 Å². The highest BCUT2D eigenvalue weighted by Gasteiger charge is 2.43. The van der Waals surface area contributed by atoms with Gasteiger partial charge in [0.1, 0.15) is 18.2 Å². The zero-order valence-corrected chi connectivity index (χ0v) is 20.5. The van der Waals surface area contributed by atoms with Gasteiger partial charge in [-0.15, -0.1) is 0 Å². The molecule has 14 heteroatoms. The zero-order chi connectivity index (χ0) is 25.4. The minimum atomic E-state index is -3.59. The molecular weight excluding hydrogens is 518 g/mol. The highest BCUT2D eigenvalue weighted by Crippen LogP contribution is 2.34. The Labute approximate surface area is 210 Å². The number of anilines is 3. The predicted molar refractivity (Wildman–Crippen MR) is 126 cm³/mol. The second-order valence-corrected chi connectivity index (χ2v) is 11.1. The summed E-state index contributed by atoms with van der Waals surface area (Å²) in [6.07, 6.45) is 4.75. The van der Waals surface area contributed by atoms with Gasteiger partial charge < -0.3 is 19.7 Å². The van der Waals surface area contributed by atoms with Gasteiger partial charge in [0.2, 0.25) is 11.8 Å². The Morgan fingerprint density at radius 2 is 1.81 bits per heavy atom. The van der Waals surface area contributed by atoms with Crippen LogP contribution in [-0.4, -0.2) is 67.0 Å². The number of hydrogen-bond donors (Lipinski definition) is 1. The molecule has 1 aromatic carbocycles. The number of fused-ring (bicyclic) bond motifs is 2. The fourth-order valence-corrected chi connectivity index (χ4v) is 5.06. The van der Waals surface area contributed by atoms with Crippen LogP contribution in [0.1, 0.15) is 0 Å². The van der Waals surface area contributed by atoms with Gasteiger partial charge in [-0.2, -0.15) is 9.37 Å². The van der Waals surface area contributed by atoms with Gasteiger partial charge in [-0.05, 0) is 18.2 Å². The SMILES string of the molecule is CS(=O)(=O)c1ccc(Nc2ncnc(OC3C4COCC3CN(c3ncc(Cl)cn3)C4)c2F)c(F)c1. The van der Waals surface area contributed by atoms with Crippen molar-refractivity contribution in [3.05, 3.63) is 53.6 Å². The number of sulfone groups is 1. The number of rotatable bonds is 6. The normalized spacial score (nSPS) is 21.8. The monoisotopic (exact) mass is 538 g/mol. The van der Waals surface area contributed by atoms with E-state index in [0.717, 1.165) is 18.6 Å². The molecule has 2 aliphatic heterocycles. The number of aromatic nitrogens is 4. The van der Waals surface area contributed by atoms with Crippen molar-refractivity contribution in [1.29, 1.82) is 0 Å². The number of piperidine rings is 1. The maximum absolute atomic E-state index is 15.3. The first kappa shape index (κ1) is 24.5. The lowest BCUT2D eigenvalue weighted by Crippen LogP contribution is -2.58. The van der Waals surface area contributed by atoms with Crippen molar-refractivity contribution in [3.8, 4) is 5.88 Å². The second-order valence-electron chi connectivity index (χ2n) is 8.63. The Morgan fingerprint density at radius 3 is 2.44 bits per heavy atom. The van der Waals surface area contributed by atoms with Crippen molar-refractivity contribution in [2.24, 2.45) is 11.8 Å². The Bertz CT molecular complexity index is 1370. The molecule has 1 N–H and O–H groups in total. The van der Waals surface area contributed by atoms with Crippen LogP contribution in [0, 0.1) is 23.5 Å². The summed E-state index contributed by atoms with van der Waals surface area (Å²) in [7, 11) is -3.59. The largest absolute Gasteiger partial charge is 0.471 e. The number of hydrogen-bond acceptors (Lipinski definition) is 10. The van der Waals surface area contributed by atoms with Gasteiger partial charge in [0.25, 0.3) is 5.88 Å². The molecule has 2 aliphatic rings. The number of nitrogens with one attached hydrogen (secondary N) is 1. The molecule has 2 fully saturated rings. The van der Waals surface area contributed by atoms with Gasteiger partial charge in [-0.3, -0.25) is 0 Å². The van der Waals surface area contributed by atoms with E-state index in [0.29, 0.717) is 37.3 Å². The van der Waals surface area contributed by atoms with Crippen LogP contribution in [-0.2, 0) is 14.6 Å². The van der Waals surface area contributed by atoms with E-state index in [1.165, 1.54) is 24.5 Å². The maximum Gasteiger partial charge on any atom is 0.256 e. The average molecular weight is 539 g/mol. The Balaban J connectivity index is 1.33. The molecule has 0 aliphatic carbocycles. The highest BCUT2D eigenvalue weighted by molar-refractivity contribution is 7.90. The molecule has 2 saturated heterocycles. The number of nitrogens with zero attached hydrogens (tertiary/aromatic N) is 5. The third-order valence-electron chi connectivity index (χ3n) is 6.02. The van der Waals surface area contributed by atoms with E-state index in [2.05, 4.69) is 25.3 Å². The Kier molecular flexibility index (Phi) is 6.62. The molecule has 4 heterocycles. The molecule has 2 atom stereocenters. The van der Waals surface area contributed by atoms with E-state index in [-0.39, 0.29) is 40.2 Å². The Hall–Kier alpha value is -3.16. The minimum Gasteiger partial charge on any atom is -0.471 e. The summed E-state index contributed by atoms with van der Waals surface area (Å²) in [5.41, 5.74) is -0.146. The molecule has 36 heavy (non-hydrogen) atoms. The Morgan fingerprint density at radius 1 is 1.11 bits per heavy atom. The average Bonchev–Trinajstić information content (AvgIpc) is 2.82. The fourth-order valence-electron chi connectivity index (χ4n) is 4.33. The van der Waals surface area contributed by atoms with Crippen molar-refractivity contribution in [2.75, 3.05) is 42.8 Å². The highest BCUT2D eigenvalue weighted by atomic mass is 35.5. The summed E-state index contributed by atoms with van der Waals surface area (Å²) in [5, 5.41) is 2.98. The summed E-state index contributed by atoms with van der Waals surface area (Å²) < 4.78 is 64.7. The topological polar surface area (TPSA) is 119 Å². The molecule has 190 valence electrons. The van der Waals surface area contributed by atoms with E-state index >= 15 is 4.39 Å². The summed E-state index contributed by atoms with van der Waals surface area (Å²) in [4.78, 5) is 18.2. The second kappa shape index (κ2) is 9.71. The number of ether oxygens (including phenoxy) is 2. The van der Waals surface area contributed by atoms with E-state index in [1.54, 1.807) is 0 Å². The number of benzene rings is 1. The van der Waals surface area contributed by atoms with Crippen molar-refractivity contribution < 1.29 is 26.7 Å². The summed E-state index contributed by atoms with van der Waals surface area (Å²) >= 11 is 5.89. The van der Waals surface area contributed by atoms with Gasteiger partial charge in [0.15, 0.2) is 15.7 Å². The molecule has 5 rings (SSSR count). The van der Waals surface area contributed by atoms with E-state index in [4.69, 9.17) is 21.1 Å². The van der Waals surface area contributed by atoms with Crippen LogP contribution in [0.5, 0.6) is 5.88 Å². The molecule has 10 nitrogen and oxygen atoms in total. The minimum absolute atomic E-state index is 0.108. The van der Waals surface area contributed by atoms with Crippen LogP contribution in [0.15, 0.2) is 41.8 Å². The lowest BCUT2D eigenvalue weighted by atomic mass is 9.84. The smallest absolute Gasteiger partial charge is 0.256 e.